The molecule has 0 amide bonds. The van der Waals surface area contributed by atoms with Gasteiger partial charge in [0.1, 0.15) is 0 Å². The zero-order valence-electron chi connectivity index (χ0n) is 8.21. The third-order valence-electron chi connectivity index (χ3n) is 2.27. The predicted molar refractivity (Wildman–Crippen MR) is 56.5 cm³/mol. The molecule has 0 bridgehead atoms. The van der Waals surface area contributed by atoms with Gasteiger partial charge in [0.25, 0.3) is 0 Å². The molecule has 0 aliphatic heterocycles. The fourth-order valence-corrected chi connectivity index (χ4v) is 1.43. The molecule has 2 N–H and O–H groups in total. The van der Waals surface area contributed by atoms with Gasteiger partial charge in [-0.25, -0.2) is 4.98 Å². The van der Waals surface area contributed by atoms with Crippen molar-refractivity contribution in [2.75, 3.05) is 0 Å². The van der Waals surface area contributed by atoms with Gasteiger partial charge in [-0.05, 0) is 12.4 Å². The smallest absolute Gasteiger partial charge is 0.444 e. The van der Waals surface area contributed by atoms with Crippen molar-refractivity contribution in [2.24, 2.45) is 0 Å². The van der Waals surface area contributed by atoms with Crippen LogP contribution >= 0.6 is 0 Å². The van der Waals surface area contributed by atoms with Crippen LogP contribution in [0, 0.1) is 6.92 Å². The highest BCUT2D eigenvalue weighted by atomic mass is 16.4. The Morgan fingerprint density at radius 1 is 1.33 bits per heavy atom. The Labute approximate surface area is 87.3 Å². The molecule has 0 radical (unpaired) electrons. The molecule has 0 saturated carbocycles. The highest BCUT2D eigenvalue weighted by molar-refractivity contribution is 6.59. The molecule has 0 fully saturated rings. The number of hydrogen-bond acceptors (Lipinski definition) is 4. The van der Waals surface area contributed by atoms with Gasteiger partial charge in [0.05, 0.1) is 6.20 Å². The lowest BCUT2D eigenvalue weighted by atomic mass is 9.76. The van der Waals surface area contributed by atoms with Gasteiger partial charge in [-0.3, -0.25) is 0 Å². The topological polar surface area (TPSA) is 66.5 Å². The average Bonchev–Trinajstić information content (AvgIpc) is 2.71. The molecule has 15 heavy (non-hydrogen) atoms. The first-order valence-electron chi connectivity index (χ1n) is 4.54. The molecular weight excluding hydrogens is 193 g/mol. The molecule has 1 heterocycles. The summed E-state index contributed by atoms with van der Waals surface area (Å²) in [6, 6.07) is 5.34. The summed E-state index contributed by atoms with van der Waals surface area (Å²) < 4.78 is 5.12. The maximum absolute atomic E-state index is 9.14. The van der Waals surface area contributed by atoms with Crippen molar-refractivity contribution in [3.63, 3.8) is 0 Å². The minimum absolute atomic E-state index is 0.476. The highest BCUT2D eigenvalue weighted by Gasteiger charge is 2.15. The van der Waals surface area contributed by atoms with Gasteiger partial charge >= 0.3 is 7.12 Å². The first kappa shape index (κ1) is 9.95. The van der Waals surface area contributed by atoms with E-state index < -0.39 is 7.12 Å². The molecule has 4 nitrogen and oxygen atoms in total. The number of oxazole rings is 1. The van der Waals surface area contributed by atoms with E-state index in [9.17, 15) is 0 Å². The van der Waals surface area contributed by atoms with Crippen molar-refractivity contribution in [3.05, 3.63) is 36.4 Å². The molecular formula is C10H10BNO3. The average molecular weight is 203 g/mol. The summed E-state index contributed by atoms with van der Waals surface area (Å²) in [5.74, 6) is 0.608. The van der Waals surface area contributed by atoms with Gasteiger partial charge in [-0.15, -0.1) is 0 Å². The fourth-order valence-electron chi connectivity index (χ4n) is 1.43. The lowest BCUT2D eigenvalue weighted by molar-refractivity contribution is 0.425. The Morgan fingerprint density at radius 2 is 2.13 bits per heavy atom. The van der Waals surface area contributed by atoms with Gasteiger partial charge in [-0.1, -0.05) is 23.8 Å². The normalized spacial score (nSPS) is 10.3. The third-order valence-corrected chi connectivity index (χ3v) is 2.27. The van der Waals surface area contributed by atoms with E-state index in [-0.39, 0.29) is 0 Å². The molecule has 5 heteroatoms. The highest BCUT2D eigenvalue weighted by Crippen LogP contribution is 2.17. The number of benzene rings is 1. The Hall–Kier alpha value is -1.59. The summed E-state index contributed by atoms with van der Waals surface area (Å²) in [6.45, 7) is 1.82. The van der Waals surface area contributed by atoms with Crippen molar-refractivity contribution in [3.8, 4) is 11.3 Å². The van der Waals surface area contributed by atoms with Crippen LogP contribution in [0.2, 0.25) is 0 Å². The lowest BCUT2D eigenvalue weighted by Gasteiger charge is -2.05. The molecule has 0 saturated heterocycles. The van der Waals surface area contributed by atoms with Crippen LogP contribution in [0.1, 0.15) is 5.56 Å². The number of aryl methyl sites for hydroxylation is 1. The molecule has 0 atom stereocenters. The molecule has 0 aliphatic carbocycles. The van der Waals surface area contributed by atoms with Crippen molar-refractivity contribution < 1.29 is 14.5 Å². The Kier molecular flexibility index (Phi) is 2.57. The second-order valence-corrected chi connectivity index (χ2v) is 3.31. The van der Waals surface area contributed by atoms with Gasteiger partial charge in [0, 0.05) is 5.56 Å². The molecule has 0 spiro atoms. The van der Waals surface area contributed by atoms with Crippen molar-refractivity contribution in [1.29, 1.82) is 0 Å². The fraction of sp³-hybridized carbons (Fsp3) is 0.100. The summed E-state index contributed by atoms with van der Waals surface area (Å²) >= 11 is 0. The van der Waals surface area contributed by atoms with Gasteiger partial charge in [0.15, 0.2) is 12.2 Å². The Balaban J connectivity index is 2.48. The maximum Gasteiger partial charge on any atom is 0.488 e. The Morgan fingerprint density at radius 3 is 2.73 bits per heavy atom. The van der Waals surface area contributed by atoms with E-state index in [4.69, 9.17) is 14.5 Å². The summed E-state index contributed by atoms with van der Waals surface area (Å²) in [5.41, 5.74) is 2.08. The predicted octanol–water partition coefficient (Wildman–Crippen LogP) is 0.330. The largest absolute Gasteiger partial charge is 0.488 e. The third kappa shape index (κ3) is 1.93. The molecule has 1 aromatic heterocycles. The van der Waals surface area contributed by atoms with E-state index in [2.05, 4.69) is 4.98 Å². The number of aromatic nitrogens is 1. The molecule has 2 rings (SSSR count). The van der Waals surface area contributed by atoms with E-state index in [1.54, 1.807) is 12.3 Å². The number of nitrogens with zero attached hydrogens (tertiary/aromatic N) is 1. The zero-order valence-corrected chi connectivity index (χ0v) is 8.21. The van der Waals surface area contributed by atoms with Crippen LogP contribution < -0.4 is 5.46 Å². The molecule has 0 unspecified atom stereocenters. The van der Waals surface area contributed by atoms with Crippen molar-refractivity contribution in [2.45, 2.75) is 6.92 Å². The van der Waals surface area contributed by atoms with Gasteiger partial charge in [0.2, 0.25) is 0 Å². The van der Waals surface area contributed by atoms with E-state index >= 15 is 0 Å². The maximum atomic E-state index is 9.14. The summed E-state index contributed by atoms with van der Waals surface area (Å²) in [7, 11) is -1.46. The van der Waals surface area contributed by atoms with Crippen LogP contribution in [0.5, 0.6) is 0 Å². The first-order chi connectivity index (χ1) is 7.18. The zero-order chi connectivity index (χ0) is 10.8. The first-order valence-corrected chi connectivity index (χ1v) is 4.54. The van der Waals surface area contributed by atoms with Crippen LogP contribution in [0.4, 0.5) is 0 Å². The second-order valence-electron chi connectivity index (χ2n) is 3.31. The van der Waals surface area contributed by atoms with E-state index in [1.165, 1.54) is 6.39 Å². The van der Waals surface area contributed by atoms with Crippen LogP contribution in [-0.4, -0.2) is 22.2 Å². The van der Waals surface area contributed by atoms with Gasteiger partial charge in [-0.2, -0.15) is 0 Å². The van der Waals surface area contributed by atoms with Crippen LogP contribution in [0.3, 0.4) is 0 Å². The van der Waals surface area contributed by atoms with E-state index in [0.717, 1.165) is 11.1 Å². The monoisotopic (exact) mass is 203 g/mol. The lowest BCUT2D eigenvalue weighted by Crippen LogP contribution is -2.32. The van der Waals surface area contributed by atoms with Crippen molar-refractivity contribution >= 4 is 12.6 Å². The quantitative estimate of drug-likeness (QED) is 0.690. The molecule has 76 valence electrons. The standard InChI is InChI=1S/C10H10BNO3/c1-7-2-3-8(4-9(7)11(13)14)10-5-12-6-15-10/h2-6,13-14H,1H3. The summed E-state index contributed by atoms with van der Waals surface area (Å²) in [4.78, 5) is 3.80. The van der Waals surface area contributed by atoms with E-state index in [0.29, 0.717) is 11.2 Å². The summed E-state index contributed by atoms with van der Waals surface area (Å²) in [6.07, 6.45) is 2.92. The second kappa shape index (κ2) is 3.88. The van der Waals surface area contributed by atoms with Crippen LogP contribution in [0.25, 0.3) is 11.3 Å². The number of hydrogen-bond donors (Lipinski definition) is 2. The summed E-state index contributed by atoms with van der Waals surface area (Å²) in [5, 5.41) is 18.3. The molecule has 2 aromatic rings. The minimum Gasteiger partial charge on any atom is -0.444 e. The van der Waals surface area contributed by atoms with Crippen molar-refractivity contribution in [1.82, 2.24) is 4.98 Å². The molecule has 0 aliphatic rings. The molecule has 1 aromatic carbocycles. The van der Waals surface area contributed by atoms with Gasteiger partial charge < -0.3 is 14.5 Å². The van der Waals surface area contributed by atoms with Crippen LogP contribution in [-0.2, 0) is 0 Å². The van der Waals surface area contributed by atoms with E-state index in [1.807, 2.05) is 19.1 Å². The minimum atomic E-state index is -1.46. The Bertz CT molecular complexity index is 454. The van der Waals surface area contributed by atoms with Crippen LogP contribution in [0.15, 0.2) is 35.2 Å². The number of rotatable bonds is 2. The SMILES string of the molecule is Cc1ccc(-c2cnco2)cc1B(O)O.